The standard InChI is InChI=1S/C15H21N3O2/c1-2-7-17-14(19)10-18-9-12-6-4-3-5-11(12)8-13(18)15(16)20/h3-6,13H,2,7-10H2,1H3,(H2,16,20)(H,17,19)/t13-/m0/s1. The number of hydrogen-bond donors (Lipinski definition) is 2. The molecule has 2 rings (SSSR count). The maximum Gasteiger partial charge on any atom is 0.235 e. The van der Waals surface area contributed by atoms with E-state index in [2.05, 4.69) is 5.32 Å². The van der Waals surface area contributed by atoms with Crippen molar-refractivity contribution in [2.45, 2.75) is 32.4 Å². The molecule has 108 valence electrons. The van der Waals surface area contributed by atoms with Crippen molar-refractivity contribution < 1.29 is 9.59 Å². The largest absolute Gasteiger partial charge is 0.368 e. The molecular weight excluding hydrogens is 254 g/mol. The summed E-state index contributed by atoms with van der Waals surface area (Å²) in [5.41, 5.74) is 7.78. The van der Waals surface area contributed by atoms with E-state index in [0.717, 1.165) is 17.5 Å². The van der Waals surface area contributed by atoms with Crippen molar-refractivity contribution in [3.63, 3.8) is 0 Å². The fraction of sp³-hybridized carbons (Fsp3) is 0.467. The van der Waals surface area contributed by atoms with Crippen molar-refractivity contribution in [3.8, 4) is 0 Å². The van der Waals surface area contributed by atoms with Crippen LogP contribution >= 0.6 is 0 Å². The Morgan fingerprint density at radius 2 is 2.05 bits per heavy atom. The number of fused-ring (bicyclic) bond motifs is 1. The van der Waals surface area contributed by atoms with Gasteiger partial charge in [0.05, 0.1) is 12.6 Å². The predicted octanol–water partition coefficient (Wildman–Crippen LogP) is 0.425. The maximum absolute atomic E-state index is 11.8. The Kier molecular flexibility index (Phi) is 4.74. The number of primary amides is 1. The highest BCUT2D eigenvalue weighted by Crippen LogP contribution is 2.22. The Balaban J connectivity index is 2.10. The van der Waals surface area contributed by atoms with Crippen LogP contribution < -0.4 is 11.1 Å². The minimum absolute atomic E-state index is 0.0579. The number of nitrogens with one attached hydrogen (secondary N) is 1. The first-order valence-corrected chi connectivity index (χ1v) is 6.98. The van der Waals surface area contributed by atoms with Gasteiger partial charge in [0.1, 0.15) is 0 Å². The monoisotopic (exact) mass is 275 g/mol. The van der Waals surface area contributed by atoms with Crippen LogP contribution in [0.4, 0.5) is 0 Å². The summed E-state index contributed by atoms with van der Waals surface area (Å²) in [6.07, 6.45) is 1.47. The molecule has 0 unspecified atom stereocenters. The first-order chi connectivity index (χ1) is 9.61. The molecule has 5 nitrogen and oxygen atoms in total. The Hall–Kier alpha value is -1.88. The van der Waals surface area contributed by atoms with Gasteiger partial charge in [-0.25, -0.2) is 0 Å². The Bertz CT molecular complexity index is 502. The highest BCUT2D eigenvalue weighted by atomic mass is 16.2. The van der Waals surface area contributed by atoms with E-state index in [4.69, 9.17) is 5.73 Å². The molecule has 1 heterocycles. The Morgan fingerprint density at radius 3 is 2.70 bits per heavy atom. The van der Waals surface area contributed by atoms with E-state index in [1.54, 1.807) is 0 Å². The minimum atomic E-state index is -0.405. The summed E-state index contributed by atoms with van der Waals surface area (Å²) < 4.78 is 0. The van der Waals surface area contributed by atoms with Gasteiger partial charge >= 0.3 is 0 Å². The van der Waals surface area contributed by atoms with Gasteiger partial charge in [-0.1, -0.05) is 31.2 Å². The lowest BCUT2D eigenvalue weighted by molar-refractivity contribution is -0.127. The van der Waals surface area contributed by atoms with Crippen LogP contribution in [0.1, 0.15) is 24.5 Å². The molecule has 3 N–H and O–H groups in total. The summed E-state index contributed by atoms with van der Waals surface area (Å²) in [5, 5.41) is 2.83. The topological polar surface area (TPSA) is 75.4 Å². The van der Waals surface area contributed by atoms with Gasteiger partial charge in [-0.3, -0.25) is 14.5 Å². The van der Waals surface area contributed by atoms with E-state index in [1.165, 1.54) is 0 Å². The summed E-state index contributed by atoms with van der Waals surface area (Å²) in [6.45, 7) is 3.46. The molecule has 0 aliphatic carbocycles. The van der Waals surface area contributed by atoms with Crippen LogP contribution in [0.15, 0.2) is 24.3 Å². The van der Waals surface area contributed by atoms with Crippen molar-refractivity contribution >= 4 is 11.8 Å². The summed E-state index contributed by atoms with van der Waals surface area (Å²) in [6, 6.07) is 7.57. The van der Waals surface area contributed by atoms with Gasteiger partial charge < -0.3 is 11.1 Å². The van der Waals surface area contributed by atoms with Crippen molar-refractivity contribution in [2.75, 3.05) is 13.1 Å². The van der Waals surface area contributed by atoms with Crippen LogP contribution in [0.5, 0.6) is 0 Å². The Morgan fingerprint density at radius 1 is 1.35 bits per heavy atom. The number of hydrogen-bond acceptors (Lipinski definition) is 3. The fourth-order valence-electron chi connectivity index (χ4n) is 2.53. The predicted molar refractivity (Wildman–Crippen MR) is 76.8 cm³/mol. The van der Waals surface area contributed by atoms with Crippen LogP contribution in [0.25, 0.3) is 0 Å². The summed E-state index contributed by atoms with van der Waals surface area (Å²) in [4.78, 5) is 25.3. The van der Waals surface area contributed by atoms with Crippen molar-refractivity contribution in [1.29, 1.82) is 0 Å². The molecular formula is C15H21N3O2. The molecule has 0 fully saturated rings. The molecule has 0 saturated carbocycles. The molecule has 0 bridgehead atoms. The maximum atomic E-state index is 11.8. The van der Waals surface area contributed by atoms with Crippen molar-refractivity contribution in [3.05, 3.63) is 35.4 Å². The average molecular weight is 275 g/mol. The quantitative estimate of drug-likeness (QED) is 0.818. The minimum Gasteiger partial charge on any atom is -0.368 e. The van der Waals surface area contributed by atoms with Crippen molar-refractivity contribution in [1.82, 2.24) is 10.2 Å². The van der Waals surface area contributed by atoms with Crippen LogP contribution in [0.3, 0.4) is 0 Å². The summed E-state index contributed by atoms with van der Waals surface area (Å²) in [7, 11) is 0. The number of carbonyl (C=O) groups excluding carboxylic acids is 2. The molecule has 1 aromatic carbocycles. The van der Waals surface area contributed by atoms with E-state index in [0.29, 0.717) is 19.5 Å². The number of benzene rings is 1. The van der Waals surface area contributed by atoms with E-state index in [-0.39, 0.29) is 18.4 Å². The zero-order valence-corrected chi connectivity index (χ0v) is 11.8. The highest BCUT2D eigenvalue weighted by Gasteiger charge is 2.30. The van der Waals surface area contributed by atoms with E-state index < -0.39 is 6.04 Å². The van der Waals surface area contributed by atoms with Gasteiger partial charge in [0.2, 0.25) is 11.8 Å². The third-order valence-corrected chi connectivity index (χ3v) is 3.59. The van der Waals surface area contributed by atoms with Gasteiger partial charge in [0.25, 0.3) is 0 Å². The molecule has 0 spiro atoms. The molecule has 1 aliphatic heterocycles. The molecule has 1 aromatic rings. The number of carbonyl (C=O) groups is 2. The lowest BCUT2D eigenvalue weighted by atomic mass is 9.93. The number of nitrogens with zero attached hydrogens (tertiary/aromatic N) is 1. The second-order valence-electron chi connectivity index (χ2n) is 5.15. The first kappa shape index (κ1) is 14.5. The molecule has 0 saturated heterocycles. The summed E-state index contributed by atoms with van der Waals surface area (Å²) in [5.74, 6) is -0.430. The van der Waals surface area contributed by atoms with Crippen molar-refractivity contribution in [2.24, 2.45) is 5.73 Å². The molecule has 2 amide bonds. The number of rotatable bonds is 5. The molecule has 0 aromatic heterocycles. The van der Waals surface area contributed by atoms with Gasteiger partial charge in [-0.15, -0.1) is 0 Å². The van der Waals surface area contributed by atoms with E-state index >= 15 is 0 Å². The molecule has 5 heteroatoms. The second-order valence-corrected chi connectivity index (χ2v) is 5.15. The van der Waals surface area contributed by atoms with Gasteiger partial charge in [0, 0.05) is 13.1 Å². The Labute approximate surface area is 119 Å². The van der Waals surface area contributed by atoms with Crippen LogP contribution in [0.2, 0.25) is 0 Å². The average Bonchev–Trinajstić information content (AvgIpc) is 2.44. The van der Waals surface area contributed by atoms with Crippen LogP contribution in [-0.2, 0) is 22.6 Å². The zero-order valence-electron chi connectivity index (χ0n) is 11.8. The van der Waals surface area contributed by atoms with Gasteiger partial charge in [-0.2, -0.15) is 0 Å². The third-order valence-electron chi connectivity index (χ3n) is 3.59. The van der Waals surface area contributed by atoms with Crippen LogP contribution in [0, 0.1) is 0 Å². The lowest BCUT2D eigenvalue weighted by Crippen LogP contribution is -2.51. The van der Waals surface area contributed by atoms with E-state index in [1.807, 2.05) is 36.1 Å². The molecule has 1 atom stereocenters. The second kappa shape index (κ2) is 6.52. The van der Waals surface area contributed by atoms with E-state index in [9.17, 15) is 9.59 Å². The first-order valence-electron chi connectivity index (χ1n) is 6.98. The SMILES string of the molecule is CCCNC(=O)CN1Cc2ccccc2C[C@H]1C(N)=O. The number of nitrogens with two attached hydrogens (primary N) is 1. The number of amides is 2. The fourth-order valence-corrected chi connectivity index (χ4v) is 2.53. The van der Waals surface area contributed by atoms with Crippen LogP contribution in [-0.4, -0.2) is 35.8 Å². The third kappa shape index (κ3) is 3.36. The smallest absolute Gasteiger partial charge is 0.235 e. The van der Waals surface area contributed by atoms with Gasteiger partial charge in [0.15, 0.2) is 0 Å². The lowest BCUT2D eigenvalue weighted by Gasteiger charge is -2.34. The zero-order chi connectivity index (χ0) is 14.5. The van der Waals surface area contributed by atoms with Gasteiger partial charge in [-0.05, 0) is 24.0 Å². The highest BCUT2D eigenvalue weighted by molar-refractivity contribution is 5.83. The summed E-state index contributed by atoms with van der Waals surface area (Å²) >= 11 is 0. The molecule has 1 aliphatic rings. The molecule has 0 radical (unpaired) electrons. The normalized spacial score (nSPS) is 18.4. The molecule has 20 heavy (non-hydrogen) atoms.